The number of hydrogen-bond donors (Lipinski definition) is 1. The van der Waals surface area contributed by atoms with Crippen LogP contribution in [0.4, 0.5) is 4.79 Å². The molecule has 2 fully saturated rings. The van der Waals surface area contributed by atoms with Gasteiger partial charge in [0.2, 0.25) is 5.91 Å². The van der Waals surface area contributed by atoms with Crippen molar-refractivity contribution in [1.82, 2.24) is 5.32 Å². The number of hydrogen-bond acceptors (Lipinski definition) is 5. The number of nitrogens with one attached hydrogen (secondary N) is 1. The van der Waals surface area contributed by atoms with Gasteiger partial charge in [-0.2, -0.15) is 5.26 Å². The Labute approximate surface area is 171 Å². The van der Waals surface area contributed by atoms with E-state index in [1.807, 2.05) is 18.2 Å². The molecule has 2 aromatic rings. The van der Waals surface area contributed by atoms with Gasteiger partial charge < -0.3 is 4.74 Å². The highest BCUT2D eigenvalue weighted by Crippen LogP contribution is 2.59. The van der Waals surface area contributed by atoms with E-state index >= 15 is 0 Å². The van der Waals surface area contributed by atoms with Crippen LogP contribution in [0, 0.1) is 17.2 Å². The van der Waals surface area contributed by atoms with Crippen molar-refractivity contribution in [2.45, 2.75) is 29.9 Å². The van der Waals surface area contributed by atoms with Crippen LogP contribution in [-0.4, -0.2) is 16.4 Å². The zero-order valence-electron chi connectivity index (χ0n) is 14.6. The Hall–Kier alpha value is -2.49. The molecule has 140 valence electrons. The van der Waals surface area contributed by atoms with Crippen molar-refractivity contribution < 1.29 is 14.3 Å². The van der Waals surface area contributed by atoms with Crippen molar-refractivity contribution >= 4 is 34.5 Å². The molecule has 3 aliphatic carbocycles. The molecule has 28 heavy (non-hydrogen) atoms. The van der Waals surface area contributed by atoms with Gasteiger partial charge in [-0.1, -0.05) is 29.4 Å². The van der Waals surface area contributed by atoms with E-state index in [2.05, 4.69) is 11.4 Å². The highest BCUT2D eigenvalue weighted by atomic mass is 35.5. The number of thioether (sulfide) groups is 1. The Morgan fingerprint density at radius 1 is 1.14 bits per heavy atom. The van der Waals surface area contributed by atoms with Gasteiger partial charge in [0, 0.05) is 5.92 Å². The first kappa shape index (κ1) is 17.6. The molecule has 2 amide bonds. The summed E-state index contributed by atoms with van der Waals surface area (Å²) in [5, 5.41) is 11.2. The second kappa shape index (κ2) is 6.54. The molecule has 0 radical (unpaired) electrons. The molecule has 1 heterocycles. The summed E-state index contributed by atoms with van der Waals surface area (Å²) in [4.78, 5) is 23.9. The lowest BCUT2D eigenvalue weighted by Crippen LogP contribution is -2.41. The van der Waals surface area contributed by atoms with E-state index in [0.717, 1.165) is 30.2 Å². The zero-order valence-corrected chi connectivity index (χ0v) is 16.2. The minimum Gasteiger partial charge on any atom is -0.456 e. The Bertz CT molecular complexity index is 1060. The maximum Gasteiger partial charge on any atom is 0.286 e. The van der Waals surface area contributed by atoms with Crippen LogP contribution in [0.15, 0.2) is 36.4 Å². The first-order chi connectivity index (χ1) is 13.5. The van der Waals surface area contributed by atoms with E-state index in [9.17, 15) is 9.59 Å². The minimum absolute atomic E-state index is 0.0593. The van der Waals surface area contributed by atoms with E-state index in [0.29, 0.717) is 33.9 Å². The fourth-order valence-corrected chi connectivity index (χ4v) is 5.82. The molecule has 5 nitrogen and oxygen atoms in total. The number of amides is 2. The highest BCUT2D eigenvalue weighted by Gasteiger charge is 2.51. The lowest BCUT2D eigenvalue weighted by atomic mass is 9.56. The molecule has 1 aliphatic heterocycles. The summed E-state index contributed by atoms with van der Waals surface area (Å²) in [7, 11) is 0. The van der Waals surface area contributed by atoms with Gasteiger partial charge in [0.1, 0.15) is 16.7 Å². The second-order valence-corrected chi connectivity index (χ2v) is 8.94. The summed E-state index contributed by atoms with van der Waals surface area (Å²) in [5.41, 5.74) is 2.82. The summed E-state index contributed by atoms with van der Waals surface area (Å²) in [5.74, 6) is 1.97. The lowest BCUT2D eigenvalue weighted by Gasteiger charge is -2.49. The van der Waals surface area contributed by atoms with Crippen molar-refractivity contribution in [1.29, 1.82) is 5.26 Å². The van der Waals surface area contributed by atoms with Crippen molar-refractivity contribution in [3.05, 3.63) is 58.1 Å². The molecule has 0 aromatic heterocycles. The van der Waals surface area contributed by atoms with Crippen LogP contribution in [0.3, 0.4) is 0 Å². The van der Waals surface area contributed by atoms with Gasteiger partial charge in [0.25, 0.3) is 5.24 Å². The van der Waals surface area contributed by atoms with Gasteiger partial charge in [-0.25, -0.2) is 0 Å². The smallest absolute Gasteiger partial charge is 0.286 e. The van der Waals surface area contributed by atoms with Crippen molar-refractivity contribution in [2.24, 2.45) is 5.92 Å². The molecule has 1 saturated carbocycles. The minimum atomic E-state index is -0.350. The van der Waals surface area contributed by atoms with Crippen molar-refractivity contribution in [3.8, 4) is 17.6 Å². The molecule has 2 atom stereocenters. The largest absolute Gasteiger partial charge is 0.456 e. The molecule has 0 spiro atoms. The number of nitrogens with zero attached hydrogens (tertiary/aromatic N) is 1. The summed E-state index contributed by atoms with van der Waals surface area (Å²) in [6.45, 7) is 0. The van der Waals surface area contributed by atoms with Gasteiger partial charge in [0.05, 0.1) is 16.7 Å². The molecule has 2 bridgehead atoms. The Balaban J connectivity index is 1.46. The maximum absolute atomic E-state index is 12.2. The zero-order chi connectivity index (χ0) is 19.4. The summed E-state index contributed by atoms with van der Waals surface area (Å²) in [6.07, 6.45) is 2.08. The molecule has 2 aromatic carbocycles. The van der Waals surface area contributed by atoms with Crippen LogP contribution in [0.1, 0.15) is 41.4 Å². The number of ether oxygens (including phenoxy) is 1. The van der Waals surface area contributed by atoms with Crippen molar-refractivity contribution in [3.63, 3.8) is 0 Å². The maximum atomic E-state index is 12.2. The predicted octanol–water partition coefficient (Wildman–Crippen LogP) is 4.95. The van der Waals surface area contributed by atoms with E-state index in [-0.39, 0.29) is 22.3 Å². The van der Waals surface area contributed by atoms with Gasteiger partial charge >= 0.3 is 0 Å². The van der Waals surface area contributed by atoms with Gasteiger partial charge in [-0.3, -0.25) is 14.9 Å². The van der Waals surface area contributed by atoms with E-state index in [4.69, 9.17) is 21.6 Å². The monoisotopic (exact) mass is 410 g/mol. The molecule has 4 aliphatic rings. The average molecular weight is 411 g/mol. The summed E-state index contributed by atoms with van der Waals surface area (Å²) >= 11 is 7.33. The average Bonchev–Trinajstić information content (AvgIpc) is 2.99. The molecule has 1 unspecified atom stereocenters. The molecule has 6 rings (SSSR count). The molecular formula is C21H15ClN2O3S. The third-order valence-electron chi connectivity index (χ3n) is 5.87. The van der Waals surface area contributed by atoms with Crippen LogP contribution in [-0.2, 0) is 4.79 Å². The molecular weight excluding hydrogens is 396 g/mol. The van der Waals surface area contributed by atoms with Crippen LogP contribution in [0.2, 0.25) is 5.02 Å². The quantitative estimate of drug-likeness (QED) is 0.774. The fourth-order valence-electron chi connectivity index (χ4n) is 4.53. The molecule has 1 N–H and O–H groups in total. The van der Waals surface area contributed by atoms with E-state index in [1.54, 1.807) is 18.2 Å². The topological polar surface area (TPSA) is 79.2 Å². The standard InChI is InChI=1S/C21H15ClN2O3S/c22-16-5-10(9-23)1-4-17(16)27-13-2-3-14-15(8-13)11-6-12(7-11)18(14)19-20(25)24-21(26)28-19/h1-5,8,11-12,18-19H,6-7H2,(H,24,25,26)/t11?,12?,18-,19?/m1/s1. The lowest BCUT2D eigenvalue weighted by molar-refractivity contribution is -0.119. The van der Waals surface area contributed by atoms with Gasteiger partial charge in [-0.15, -0.1) is 0 Å². The van der Waals surface area contributed by atoms with Crippen LogP contribution in [0.25, 0.3) is 0 Å². The Morgan fingerprint density at radius 2 is 1.96 bits per heavy atom. The van der Waals surface area contributed by atoms with Crippen molar-refractivity contribution in [2.75, 3.05) is 0 Å². The first-order valence-electron chi connectivity index (χ1n) is 9.06. The summed E-state index contributed by atoms with van der Waals surface area (Å²) < 4.78 is 5.96. The number of carbonyl (C=O) groups excluding carboxylic acids is 2. The fraction of sp³-hybridized carbons (Fsp3) is 0.286. The molecule has 1 saturated heterocycles. The third kappa shape index (κ3) is 2.78. The van der Waals surface area contributed by atoms with Crippen LogP contribution >= 0.6 is 23.4 Å². The van der Waals surface area contributed by atoms with Crippen LogP contribution < -0.4 is 10.1 Å². The van der Waals surface area contributed by atoms with E-state index in [1.165, 1.54) is 5.56 Å². The number of carbonyl (C=O) groups is 2. The number of rotatable bonds is 3. The van der Waals surface area contributed by atoms with Crippen LogP contribution in [0.5, 0.6) is 11.5 Å². The normalized spacial score (nSPS) is 27.4. The SMILES string of the molecule is N#Cc1ccc(Oc2ccc3c(c2)C2CC(C2)[C@H]3C2SC(=O)NC2=O)c(Cl)c1. The Morgan fingerprint density at radius 3 is 2.64 bits per heavy atom. The number of benzene rings is 2. The summed E-state index contributed by atoms with van der Waals surface area (Å²) in [6, 6.07) is 12.9. The number of halogens is 1. The first-order valence-corrected chi connectivity index (χ1v) is 10.3. The van der Waals surface area contributed by atoms with E-state index < -0.39 is 0 Å². The third-order valence-corrected chi connectivity index (χ3v) is 7.24. The predicted molar refractivity (Wildman–Crippen MR) is 106 cm³/mol. The molecule has 7 heteroatoms. The number of nitriles is 1. The number of imide groups is 1. The Kier molecular flexibility index (Phi) is 4.11. The van der Waals surface area contributed by atoms with Gasteiger partial charge in [0.15, 0.2) is 0 Å². The van der Waals surface area contributed by atoms with Gasteiger partial charge in [-0.05, 0) is 66.1 Å². The second-order valence-electron chi connectivity index (χ2n) is 7.42. The highest BCUT2D eigenvalue weighted by molar-refractivity contribution is 8.15.